The third-order valence-electron chi connectivity index (χ3n) is 2.55. The first-order chi connectivity index (χ1) is 8.60. The molecular formula is C14H15ClN2S. The lowest BCUT2D eigenvalue weighted by Crippen LogP contribution is -1.99. The average Bonchev–Trinajstić information content (AvgIpc) is 2.30. The van der Waals surface area contributed by atoms with Crippen molar-refractivity contribution in [2.24, 2.45) is 5.73 Å². The zero-order chi connectivity index (χ0) is 13.1. The van der Waals surface area contributed by atoms with E-state index in [1.165, 1.54) is 5.56 Å². The van der Waals surface area contributed by atoms with Gasteiger partial charge in [0.25, 0.3) is 0 Å². The number of halogens is 1. The van der Waals surface area contributed by atoms with Crippen LogP contribution in [0, 0.1) is 13.8 Å². The van der Waals surface area contributed by atoms with Crippen LogP contribution < -0.4 is 5.73 Å². The number of aromatic nitrogens is 1. The first kappa shape index (κ1) is 13.4. The summed E-state index contributed by atoms with van der Waals surface area (Å²) in [5.74, 6) is 0. The second-order valence-electron chi connectivity index (χ2n) is 4.16. The normalized spacial score (nSPS) is 10.7. The Labute approximate surface area is 117 Å². The number of nitrogens with two attached hydrogens (primary N) is 1. The molecule has 1 aromatic carbocycles. The summed E-state index contributed by atoms with van der Waals surface area (Å²) < 4.78 is 0. The minimum absolute atomic E-state index is 0.480. The minimum atomic E-state index is 0.480. The maximum Gasteiger partial charge on any atom is 0.101 e. The molecule has 0 saturated carbocycles. The van der Waals surface area contributed by atoms with Crippen LogP contribution in [0.15, 0.2) is 40.3 Å². The van der Waals surface area contributed by atoms with Crippen molar-refractivity contribution in [3.63, 3.8) is 0 Å². The van der Waals surface area contributed by atoms with Crippen molar-refractivity contribution in [2.75, 3.05) is 0 Å². The topological polar surface area (TPSA) is 38.9 Å². The van der Waals surface area contributed by atoms with Gasteiger partial charge >= 0.3 is 0 Å². The summed E-state index contributed by atoms with van der Waals surface area (Å²) in [7, 11) is 0. The van der Waals surface area contributed by atoms with Crippen LogP contribution in [-0.4, -0.2) is 4.98 Å². The molecule has 0 fully saturated rings. The molecule has 2 rings (SSSR count). The van der Waals surface area contributed by atoms with E-state index in [4.69, 9.17) is 17.3 Å². The molecule has 94 valence electrons. The molecule has 0 saturated heterocycles. The summed E-state index contributed by atoms with van der Waals surface area (Å²) in [5, 5.41) is 1.68. The highest BCUT2D eigenvalue weighted by Gasteiger charge is 2.09. The van der Waals surface area contributed by atoms with Gasteiger partial charge in [0.1, 0.15) is 5.03 Å². The summed E-state index contributed by atoms with van der Waals surface area (Å²) in [6, 6.07) is 9.91. The third-order valence-corrected chi connectivity index (χ3v) is 4.08. The Morgan fingerprint density at radius 1 is 1.28 bits per heavy atom. The number of hydrogen-bond acceptors (Lipinski definition) is 3. The Morgan fingerprint density at radius 2 is 2.06 bits per heavy atom. The van der Waals surface area contributed by atoms with Crippen LogP contribution >= 0.6 is 23.4 Å². The van der Waals surface area contributed by atoms with E-state index in [0.29, 0.717) is 6.54 Å². The molecule has 0 aliphatic rings. The molecule has 2 nitrogen and oxygen atoms in total. The fourth-order valence-corrected chi connectivity index (χ4v) is 3.19. The van der Waals surface area contributed by atoms with Crippen molar-refractivity contribution in [1.82, 2.24) is 4.98 Å². The molecule has 0 aliphatic heterocycles. The first-order valence-electron chi connectivity index (χ1n) is 5.70. The molecule has 0 bridgehead atoms. The van der Waals surface area contributed by atoms with Gasteiger partial charge in [0.2, 0.25) is 0 Å². The van der Waals surface area contributed by atoms with Crippen molar-refractivity contribution in [1.29, 1.82) is 0 Å². The lowest BCUT2D eigenvalue weighted by molar-refractivity contribution is 1.01. The fourth-order valence-electron chi connectivity index (χ4n) is 1.79. The van der Waals surface area contributed by atoms with E-state index >= 15 is 0 Å². The molecule has 4 heteroatoms. The Morgan fingerprint density at radius 3 is 2.72 bits per heavy atom. The molecule has 0 radical (unpaired) electrons. The smallest absolute Gasteiger partial charge is 0.101 e. The number of hydrogen-bond donors (Lipinski definition) is 1. The highest BCUT2D eigenvalue weighted by Crippen LogP contribution is 2.35. The summed E-state index contributed by atoms with van der Waals surface area (Å²) in [6.07, 6.45) is 0. The Hall–Kier alpha value is -1.03. The lowest BCUT2D eigenvalue weighted by atomic mass is 10.2. The summed E-state index contributed by atoms with van der Waals surface area (Å²) in [6.45, 7) is 4.54. The van der Waals surface area contributed by atoms with E-state index in [-0.39, 0.29) is 0 Å². The van der Waals surface area contributed by atoms with Crippen molar-refractivity contribution < 1.29 is 0 Å². The van der Waals surface area contributed by atoms with E-state index < -0.39 is 0 Å². The van der Waals surface area contributed by atoms with Crippen molar-refractivity contribution in [2.45, 2.75) is 30.3 Å². The molecule has 2 N–H and O–H groups in total. The molecular weight excluding hydrogens is 264 g/mol. The van der Waals surface area contributed by atoms with Crippen LogP contribution in [0.25, 0.3) is 0 Å². The lowest BCUT2D eigenvalue weighted by Gasteiger charge is -2.10. The van der Waals surface area contributed by atoms with Crippen LogP contribution in [0.1, 0.15) is 16.8 Å². The number of aryl methyl sites for hydroxylation is 2. The second-order valence-corrected chi connectivity index (χ2v) is 5.60. The zero-order valence-electron chi connectivity index (χ0n) is 10.4. The van der Waals surface area contributed by atoms with Crippen LogP contribution in [-0.2, 0) is 6.54 Å². The molecule has 0 atom stereocenters. The average molecular weight is 279 g/mol. The van der Waals surface area contributed by atoms with Gasteiger partial charge in [-0.2, -0.15) is 0 Å². The van der Waals surface area contributed by atoms with E-state index in [2.05, 4.69) is 24.0 Å². The SMILES string of the molecule is Cc1cc(C)nc(Sc2c(Cl)cccc2CN)c1. The van der Waals surface area contributed by atoms with E-state index in [1.54, 1.807) is 11.8 Å². The highest BCUT2D eigenvalue weighted by atomic mass is 35.5. The Balaban J connectivity index is 2.39. The van der Waals surface area contributed by atoms with Gasteiger partial charge < -0.3 is 5.73 Å². The maximum absolute atomic E-state index is 6.23. The molecule has 1 heterocycles. The predicted octanol–water partition coefficient (Wildman–Crippen LogP) is 3.96. The molecule has 0 unspecified atom stereocenters. The van der Waals surface area contributed by atoms with Crippen LogP contribution in [0.2, 0.25) is 5.02 Å². The van der Waals surface area contributed by atoms with Crippen molar-refractivity contribution in [3.05, 3.63) is 52.2 Å². The van der Waals surface area contributed by atoms with Gasteiger partial charge in [-0.3, -0.25) is 0 Å². The Kier molecular flexibility index (Phi) is 4.27. The van der Waals surface area contributed by atoms with Crippen molar-refractivity contribution in [3.8, 4) is 0 Å². The number of nitrogens with zero attached hydrogens (tertiary/aromatic N) is 1. The van der Waals surface area contributed by atoms with Crippen LogP contribution in [0.5, 0.6) is 0 Å². The molecule has 0 spiro atoms. The zero-order valence-corrected chi connectivity index (χ0v) is 12.0. The van der Waals surface area contributed by atoms with Gasteiger partial charge in [-0.15, -0.1) is 0 Å². The molecule has 18 heavy (non-hydrogen) atoms. The largest absolute Gasteiger partial charge is 0.326 e. The van der Waals surface area contributed by atoms with Gasteiger partial charge in [-0.1, -0.05) is 35.5 Å². The Bertz CT molecular complexity index is 549. The number of rotatable bonds is 3. The third kappa shape index (κ3) is 3.05. The van der Waals surface area contributed by atoms with Crippen LogP contribution in [0.4, 0.5) is 0 Å². The number of pyridine rings is 1. The summed E-state index contributed by atoms with van der Waals surface area (Å²) in [5.41, 5.74) is 9.00. The van der Waals surface area contributed by atoms with Gasteiger partial charge in [-0.25, -0.2) is 4.98 Å². The van der Waals surface area contributed by atoms with Gasteiger partial charge in [0.05, 0.1) is 5.02 Å². The summed E-state index contributed by atoms with van der Waals surface area (Å²) >= 11 is 7.80. The molecule has 0 amide bonds. The van der Waals surface area contributed by atoms with Gasteiger partial charge in [-0.05, 0) is 43.2 Å². The quantitative estimate of drug-likeness (QED) is 0.924. The van der Waals surface area contributed by atoms with Gasteiger partial charge in [0, 0.05) is 17.1 Å². The fraction of sp³-hybridized carbons (Fsp3) is 0.214. The second kappa shape index (κ2) is 5.74. The monoisotopic (exact) mass is 278 g/mol. The first-order valence-corrected chi connectivity index (χ1v) is 6.90. The molecule has 2 aromatic rings. The predicted molar refractivity (Wildman–Crippen MR) is 77.2 cm³/mol. The summed E-state index contributed by atoms with van der Waals surface area (Å²) in [4.78, 5) is 5.51. The maximum atomic E-state index is 6.23. The van der Waals surface area contributed by atoms with Gasteiger partial charge in [0.15, 0.2) is 0 Å². The molecule has 0 aliphatic carbocycles. The number of benzene rings is 1. The van der Waals surface area contributed by atoms with E-state index in [1.807, 2.05) is 25.1 Å². The van der Waals surface area contributed by atoms with Crippen LogP contribution in [0.3, 0.4) is 0 Å². The van der Waals surface area contributed by atoms with E-state index in [0.717, 1.165) is 26.2 Å². The van der Waals surface area contributed by atoms with Crippen molar-refractivity contribution >= 4 is 23.4 Å². The highest BCUT2D eigenvalue weighted by molar-refractivity contribution is 7.99. The minimum Gasteiger partial charge on any atom is -0.326 e. The standard InChI is InChI=1S/C14H15ClN2S/c1-9-6-10(2)17-13(7-9)18-14-11(8-16)4-3-5-12(14)15/h3-7H,8,16H2,1-2H3. The molecule has 1 aromatic heterocycles. The van der Waals surface area contributed by atoms with E-state index in [9.17, 15) is 0 Å².